The lowest BCUT2D eigenvalue weighted by Gasteiger charge is -2.10. The number of halogens is 2. The Morgan fingerprint density at radius 3 is 2.89 bits per heavy atom. The molecule has 3 nitrogen and oxygen atoms in total. The van der Waals surface area contributed by atoms with E-state index < -0.39 is 0 Å². The van der Waals surface area contributed by atoms with E-state index in [1.54, 1.807) is 12.1 Å². The fourth-order valence-electron chi connectivity index (χ4n) is 2.37. The maximum Gasteiger partial charge on any atom is 0.224 e. The van der Waals surface area contributed by atoms with Gasteiger partial charge in [0.25, 0.3) is 0 Å². The van der Waals surface area contributed by atoms with Crippen LogP contribution in [-0.2, 0) is 19.4 Å². The number of anilines is 1. The highest BCUT2D eigenvalue weighted by molar-refractivity contribution is 6.28. The van der Waals surface area contributed by atoms with Gasteiger partial charge in [-0.25, -0.2) is 14.4 Å². The van der Waals surface area contributed by atoms with Crippen molar-refractivity contribution in [2.45, 2.75) is 25.8 Å². The molecule has 19 heavy (non-hydrogen) atoms. The minimum absolute atomic E-state index is 0.216. The molecule has 0 fully saturated rings. The summed E-state index contributed by atoms with van der Waals surface area (Å²) in [7, 11) is 0. The molecule has 0 spiro atoms. The van der Waals surface area contributed by atoms with Gasteiger partial charge in [0.1, 0.15) is 11.6 Å². The molecule has 5 heteroatoms. The van der Waals surface area contributed by atoms with Crippen LogP contribution in [-0.4, -0.2) is 9.97 Å². The van der Waals surface area contributed by atoms with Crippen LogP contribution in [0.3, 0.4) is 0 Å². The summed E-state index contributed by atoms with van der Waals surface area (Å²) in [5.41, 5.74) is 2.74. The Morgan fingerprint density at radius 2 is 2.05 bits per heavy atom. The zero-order valence-corrected chi connectivity index (χ0v) is 11.0. The van der Waals surface area contributed by atoms with E-state index in [2.05, 4.69) is 15.3 Å². The lowest BCUT2D eigenvalue weighted by atomic mass is 10.2. The summed E-state index contributed by atoms with van der Waals surface area (Å²) < 4.78 is 13.5. The molecule has 1 aliphatic rings. The van der Waals surface area contributed by atoms with E-state index in [1.165, 1.54) is 6.07 Å². The first-order chi connectivity index (χ1) is 9.24. The first-order valence-corrected chi connectivity index (χ1v) is 6.64. The number of aromatic nitrogens is 2. The average Bonchev–Trinajstić information content (AvgIpc) is 2.85. The van der Waals surface area contributed by atoms with Crippen LogP contribution < -0.4 is 5.32 Å². The molecule has 1 aromatic carbocycles. The Morgan fingerprint density at radius 1 is 1.21 bits per heavy atom. The molecule has 1 heterocycles. The van der Waals surface area contributed by atoms with Crippen LogP contribution in [0.15, 0.2) is 24.3 Å². The molecule has 1 aliphatic carbocycles. The molecule has 2 aromatic rings. The van der Waals surface area contributed by atoms with Gasteiger partial charge in [-0.2, -0.15) is 0 Å². The number of benzene rings is 1. The second-order valence-corrected chi connectivity index (χ2v) is 4.90. The van der Waals surface area contributed by atoms with Crippen molar-refractivity contribution in [1.82, 2.24) is 9.97 Å². The lowest BCUT2D eigenvalue weighted by molar-refractivity contribution is 0.613. The monoisotopic (exact) mass is 277 g/mol. The van der Waals surface area contributed by atoms with E-state index in [1.807, 2.05) is 6.07 Å². The van der Waals surface area contributed by atoms with Crippen molar-refractivity contribution in [2.75, 3.05) is 5.32 Å². The predicted octanol–water partition coefficient (Wildman–Crippen LogP) is 3.37. The van der Waals surface area contributed by atoms with Crippen molar-refractivity contribution < 1.29 is 4.39 Å². The van der Waals surface area contributed by atoms with Crippen molar-refractivity contribution in [3.8, 4) is 0 Å². The van der Waals surface area contributed by atoms with Gasteiger partial charge in [0, 0.05) is 17.7 Å². The van der Waals surface area contributed by atoms with E-state index in [9.17, 15) is 4.39 Å². The number of nitrogens with zero attached hydrogens (tertiary/aromatic N) is 2. The normalized spacial score (nSPS) is 13.4. The molecular formula is C14H13ClFN3. The third-order valence-corrected chi connectivity index (χ3v) is 3.48. The number of fused-ring (bicyclic) bond motifs is 1. The average molecular weight is 278 g/mol. The third kappa shape index (κ3) is 2.54. The maximum absolute atomic E-state index is 13.5. The molecule has 0 saturated carbocycles. The Labute approximate surface area is 115 Å². The lowest BCUT2D eigenvalue weighted by Crippen LogP contribution is -2.07. The van der Waals surface area contributed by atoms with Crippen molar-refractivity contribution in [3.05, 3.63) is 52.2 Å². The minimum atomic E-state index is -0.216. The van der Waals surface area contributed by atoms with Gasteiger partial charge in [0.2, 0.25) is 5.28 Å². The SMILES string of the molecule is Fc1ccccc1CNc1nc(Cl)nc2c1CCC2. The largest absolute Gasteiger partial charge is 0.366 e. The van der Waals surface area contributed by atoms with Gasteiger partial charge in [-0.15, -0.1) is 0 Å². The zero-order valence-electron chi connectivity index (χ0n) is 10.3. The Bertz CT molecular complexity index is 616. The molecule has 0 aliphatic heterocycles. The summed E-state index contributed by atoms with van der Waals surface area (Å²) in [5.74, 6) is 0.516. The number of rotatable bonds is 3. The molecule has 98 valence electrons. The molecule has 0 amide bonds. The first kappa shape index (κ1) is 12.4. The summed E-state index contributed by atoms with van der Waals surface area (Å²) >= 11 is 5.91. The van der Waals surface area contributed by atoms with Gasteiger partial charge in [0.15, 0.2) is 0 Å². The smallest absolute Gasteiger partial charge is 0.224 e. The van der Waals surface area contributed by atoms with Gasteiger partial charge < -0.3 is 5.32 Å². The maximum atomic E-state index is 13.5. The van der Waals surface area contributed by atoms with E-state index >= 15 is 0 Å². The second kappa shape index (κ2) is 5.13. The van der Waals surface area contributed by atoms with Crippen molar-refractivity contribution >= 4 is 17.4 Å². The summed E-state index contributed by atoms with van der Waals surface area (Å²) in [6.07, 6.45) is 2.96. The highest BCUT2D eigenvalue weighted by atomic mass is 35.5. The van der Waals surface area contributed by atoms with E-state index in [4.69, 9.17) is 11.6 Å². The standard InChI is InChI=1S/C14H13ClFN3/c15-14-18-12-7-3-5-10(12)13(19-14)17-8-9-4-1-2-6-11(9)16/h1-2,4,6H,3,5,7-8H2,(H,17,18,19). The van der Waals surface area contributed by atoms with Crippen LogP contribution in [0.4, 0.5) is 10.2 Å². The summed E-state index contributed by atoms with van der Waals surface area (Å²) in [5, 5.41) is 3.41. The fraction of sp³-hybridized carbons (Fsp3) is 0.286. The molecule has 0 unspecified atom stereocenters. The Balaban J connectivity index is 1.83. The Kier molecular flexibility index (Phi) is 3.34. The molecule has 0 radical (unpaired) electrons. The molecule has 0 bridgehead atoms. The van der Waals surface area contributed by atoms with Crippen LogP contribution >= 0.6 is 11.6 Å². The summed E-state index contributed by atoms with van der Waals surface area (Å²) in [6.45, 7) is 0.395. The molecule has 1 N–H and O–H groups in total. The Hall–Kier alpha value is -1.68. The molecule has 0 atom stereocenters. The molecule has 0 saturated heterocycles. The van der Waals surface area contributed by atoms with Crippen LogP contribution in [0.5, 0.6) is 0 Å². The quantitative estimate of drug-likeness (QED) is 0.874. The van der Waals surface area contributed by atoms with Crippen molar-refractivity contribution in [1.29, 1.82) is 0 Å². The number of aryl methyl sites for hydroxylation is 1. The number of hydrogen-bond donors (Lipinski definition) is 1. The predicted molar refractivity (Wildman–Crippen MR) is 72.8 cm³/mol. The summed E-state index contributed by atoms with van der Waals surface area (Å²) in [6, 6.07) is 6.70. The highest BCUT2D eigenvalue weighted by Gasteiger charge is 2.18. The van der Waals surface area contributed by atoms with E-state index in [0.29, 0.717) is 12.1 Å². The third-order valence-electron chi connectivity index (χ3n) is 3.31. The minimum Gasteiger partial charge on any atom is -0.366 e. The zero-order chi connectivity index (χ0) is 13.2. The van der Waals surface area contributed by atoms with E-state index in [0.717, 1.165) is 36.3 Å². The van der Waals surface area contributed by atoms with Crippen LogP contribution in [0.2, 0.25) is 5.28 Å². The van der Waals surface area contributed by atoms with Gasteiger partial charge in [-0.1, -0.05) is 18.2 Å². The first-order valence-electron chi connectivity index (χ1n) is 6.26. The van der Waals surface area contributed by atoms with Crippen molar-refractivity contribution in [3.63, 3.8) is 0 Å². The van der Waals surface area contributed by atoms with E-state index in [-0.39, 0.29) is 11.1 Å². The van der Waals surface area contributed by atoms with Crippen LogP contribution in [0.1, 0.15) is 23.2 Å². The summed E-state index contributed by atoms with van der Waals surface area (Å²) in [4.78, 5) is 8.44. The van der Waals surface area contributed by atoms with Crippen LogP contribution in [0, 0.1) is 5.82 Å². The molecule has 3 rings (SSSR count). The van der Waals surface area contributed by atoms with Gasteiger partial charge in [-0.05, 0) is 36.9 Å². The highest BCUT2D eigenvalue weighted by Crippen LogP contribution is 2.27. The van der Waals surface area contributed by atoms with Crippen molar-refractivity contribution in [2.24, 2.45) is 0 Å². The number of nitrogens with one attached hydrogen (secondary N) is 1. The number of hydrogen-bond acceptors (Lipinski definition) is 3. The second-order valence-electron chi connectivity index (χ2n) is 4.57. The molecule has 1 aromatic heterocycles. The van der Waals surface area contributed by atoms with Gasteiger partial charge in [-0.3, -0.25) is 0 Å². The molecular weight excluding hydrogens is 265 g/mol. The van der Waals surface area contributed by atoms with Gasteiger partial charge >= 0.3 is 0 Å². The fourth-order valence-corrected chi connectivity index (χ4v) is 2.56. The van der Waals surface area contributed by atoms with Gasteiger partial charge in [0.05, 0.1) is 5.69 Å². The van der Waals surface area contributed by atoms with Crippen LogP contribution in [0.25, 0.3) is 0 Å². The topological polar surface area (TPSA) is 37.8 Å².